The second kappa shape index (κ2) is 5.48. The van der Waals surface area contributed by atoms with Gasteiger partial charge in [0.05, 0.1) is 6.07 Å². The number of carbonyl (C=O) groups is 3. The highest BCUT2D eigenvalue weighted by Crippen LogP contribution is 2.27. The first kappa shape index (κ1) is 14.6. The van der Waals surface area contributed by atoms with Crippen molar-refractivity contribution < 1.29 is 23.9 Å². The number of carboxylic acids is 1. The number of amides is 2. The van der Waals surface area contributed by atoms with E-state index in [4.69, 9.17) is 10.4 Å². The standard InChI is InChI=1S/C11H12FN3O4/c1-5(2)8(11(18)19)15-9(12)7(10(15)17)14-6(16)3-4-13/h7-9H,1,3H2,2H3,(H,14,16)(H,18,19). The van der Waals surface area contributed by atoms with Crippen LogP contribution in [0.25, 0.3) is 0 Å². The van der Waals surface area contributed by atoms with Crippen LogP contribution in [0.5, 0.6) is 0 Å². The second-order valence-electron chi connectivity index (χ2n) is 4.09. The molecule has 0 spiro atoms. The van der Waals surface area contributed by atoms with Crippen molar-refractivity contribution >= 4 is 17.8 Å². The third-order valence-electron chi connectivity index (χ3n) is 2.60. The Balaban J connectivity index is 2.76. The molecule has 0 aromatic rings. The maximum atomic E-state index is 13.8. The zero-order valence-electron chi connectivity index (χ0n) is 10.1. The van der Waals surface area contributed by atoms with Crippen LogP contribution in [0.2, 0.25) is 0 Å². The van der Waals surface area contributed by atoms with Crippen LogP contribution in [-0.2, 0) is 14.4 Å². The average Bonchev–Trinajstić information content (AvgIpc) is 2.31. The van der Waals surface area contributed by atoms with Gasteiger partial charge >= 0.3 is 5.97 Å². The SMILES string of the molecule is C=C(C)C(C(=O)O)N1C(=O)C(NC(=O)CC#N)C1F. The molecule has 0 aliphatic carbocycles. The maximum absolute atomic E-state index is 13.8. The third kappa shape index (κ3) is 2.70. The first-order valence-electron chi connectivity index (χ1n) is 5.32. The summed E-state index contributed by atoms with van der Waals surface area (Å²) in [6.07, 6.45) is -2.45. The molecule has 0 bridgehead atoms. The maximum Gasteiger partial charge on any atom is 0.330 e. The van der Waals surface area contributed by atoms with Gasteiger partial charge in [-0.1, -0.05) is 6.58 Å². The lowest BCUT2D eigenvalue weighted by atomic mass is 9.98. The van der Waals surface area contributed by atoms with E-state index in [1.54, 1.807) is 6.07 Å². The number of carboxylic acid groups (broad SMARTS) is 1. The van der Waals surface area contributed by atoms with E-state index in [1.165, 1.54) is 6.92 Å². The highest BCUT2D eigenvalue weighted by Gasteiger charge is 2.53. The summed E-state index contributed by atoms with van der Waals surface area (Å²) in [6, 6.07) is -1.36. The molecule has 1 heterocycles. The van der Waals surface area contributed by atoms with E-state index in [-0.39, 0.29) is 5.57 Å². The number of β-lactam (4-membered cyclic amide) rings is 1. The highest BCUT2D eigenvalue weighted by atomic mass is 19.1. The van der Waals surface area contributed by atoms with Crippen LogP contribution < -0.4 is 5.32 Å². The lowest BCUT2D eigenvalue weighted by Gasteiger charge is -2.45. The number of alkyl halides is 1. The van der Waals surface area contributed by atoms with Gasteiger partial charge in [0.15, 0.2) is 12.1 Å². The summed E-state index contributed by atoms with van der Waals surface area (Å²) >= 11 is 0. The van der Waals surface area contributed by atoms with Crippen molar-refractivity contribution in [2.45, 2.75) is 31.7 Å². The number of carbonyl (C=O) groups excluding carboxylic acids is 2. The topological polar surface area (TPSA) is 110 Å². The van der Waals surface area contributed by atoms with Gasteiger partial charge in [0.25, 0.3) is 5.91 Å². The molecule has 1 aliphatic rings. The molecule has 19 heavy (non-hydrogen) atoms. The summed E-state index contributed by atoms with van der Waals surface area (Å²) in [7, 11) is 0. The Hall–Kier alpha value is -2.43. The Kier molecular flexibility index (Phi) is 4.22. The van der Waals surface area contributed by atoms with Crippen LogP contribution in [0.4, 0.5) is 4.39 Å². The number of halogens is 1. The summed E-state index contributed by atoms with van der Waals surface area (Å²) < 4.78 is 13.8. The van der Waals surface area contributed by atoms with Gasteiger partial charge < -0.3 is 10.4 Å². The van der Waals surface area contributed by atoms with E-state index in [0.717, 1.165) is 0 Å². The van der Waals surface area contributed by atoms with Crippen LogP contribution in [-0.4, -0.2) is 46.2 Å². The molecule has 2 amide bonds. The lowest BCUT2D eigenvalue weighted by molar-refractivity contribution is -0.174. The van der Waals surface area contributed by atoms with Crippen LogP contribution in [0.15, 0.2) is 12.2 Å². The Morgan fingerprint density at radius 2 is 2.26 bits per heavy atom. The summed E-state index contributed by atoms with van der Waals surface area (Å²) in [5, 5.41) is 19.2. The van der Waals surface area contributed by atoms with Crippen LogP contribution in [0.1, 0.15) is 13.3 Å². The van der Waals surface area contributed by atoms with E-state index < -0.39 is 42.6 Å². The zero-order chi connectivity index (χ0) is 14.7. The van der Waals surface area contributed by atoms with Crippen LogP contribution >= 0.6 is 0 Å². The number of nitriles is 1. The van der Waals surface area contributed by atoms with Gasteiger partial charge in [-0.2, -0.15) is 5.26 Å². The van der Waals surface area contributed by atoms with Crippen molar-refractivity contribution in [1.82, 2.24) is 10.2 Å². The van der Waals surface area contributed by atoms with Gasteiger partial charge in [-0.25, -0.2) is 9.18 Å². The third-order valence-corrected chi connectivity index (χ3v) is 2.60. The highest BCUT2D eigenvalue weighted by molar-refractivity contribution is 5.96. The Morgan fingerprint density at radius 3 is 2.63 bits per heavy atom. The minimum atomic E-state index is -1.95. The van der Waals surface area contributed by atoms with Crippen molar-refractivity contribution in [3.05, 3.63) is 12.2 Å². The van der Waals surface area contributed by atoms with Crippen molar-refractivity contribution in [1.29, 1.82) is 5.26 Å². The molecule has 0 saturated carbocycles. The smallest absolute Gasteiger partial charge is 0.330 e. The average molecular weight is 269 g/mol. The number of likely N-dealkylation sites (tertiary alicyclic amines) is 1. The van der Waals surface area contributed by atoms with Gasteiger partial charge in [-0.3, -0.25) is 14.5 Å². The second-order valence-corrected chi connectivity index (χ2v) is 4.09. The Morgan fingerprint density at radius 1 is 1.68 bits per heavy atom. The van der Waals surface area contributed by atoms with E-state index in [9.17, 15) is 18.8 Å². The molecular formula is C11H12FN3O4. The molecule has 7 nitrogen and oxygen atoms in total. The molecular weight excluding hydrogens is 257 g/mol. The fourth-order valence-electron chi connectivity index (χ4n) is 1.74. The minimum Gasteiger partial charge on any atom is -0.479 e. The number of aliphatic carboxylic acids is 1. The molecule has 102 valence electrons. The molecule has 2 N–H and O–H groups in total. The first-order chi connectivity index (χ1) is 8.81. The number of nitrogens with one attached hydrogen (secondary N) is 1. The molecule has 0 aromatic heterocycles. The van der Waals surface area contributed by atoms with Crippen LogP contribution in [0, 0.1) is 11.3 Å². The van der Waals surface area contributed by atoms with Crippen molar-refractivity contribution in [2.24, 2.45) is 0 Å². The van der Waals surface area contributed by atoms with Gasteiger partial charge in [0.2, 0.25) is 12.2 Å². The fraction of sp³-hybridized carbons (Fsp3) is 0.455. The molecule has 3 unspecified atom stereocenters. The Bertz CT molecular complexity index is 471. The molecule has 0 aromatic carbocycles. The quantitative estimate of drug-likeness (QED) is 0.399. The first-order valence-corrected chi connectivity index (χ1v) is 5.32. The monoisotopic (exact) mass is 269 g/mol. The summed E-state index contributed by atoms with van der Waals surface area (Å²) in [5.74, 6) is -3.04. The van der Waals surface area contributed by atoms with E-state index >= 15 is 0 Å². The fourth-order valence-corrected chi connectivity index (χ4v) is 1.74. The molecule has 1 fully saturated rings. The van der Waals surface area contributed by atoms with E-state index in [1.807, 2.05) is 5.32 Å². The van der Waals surface area contributed by atoms with Gasteiger partial charge in [0.1, 0.15) is 6.42 Å². The number of hydrogen-bond donors (Lipinski definition) is 2. The van der Waals surface area contributed by atoms with Crippen molar-refractivity contribution in [3.8, 4) is 6.07 Å². The molecule has 1 saturated heterocycles. The zero-order valence-corrected chi connectivity index (χ0v) is 10.1. The van der Waals surface area contributed by atoms with E-state index in [2.05, 4.69) is 6.58 Å². The molecule has 8 heteroatoms. The molecule has 0 radical (unpaired) electrons. The minimum absolute atomic E-state index is 0.102. The van der Waals surface area contributed by atoms with Crippen molar-refractivity contribution in [3.63, 3.8) is 0 Å². The summed E-state index contributed by atoms with van der Waals surface area (Å²) in [4.78, 5) is 34.2. The molecule has 3 atom stereocenters. The van der Waals surface area contributed by atoms with Gasteiger partial charge in [-0.15, -0.1) is 0 Å². The number of hydrogen-bond acceptors (Lipinski definition) is 4. The van der Waals surface area contributed by atoms with Gasteiger partial charge in [-0.05, 0) is 12.5 Å². The van der Waals surface area contributed by atoms with Crippen LogP contribution in [0.3, 0.4) is 0 Å². The molecule has 1 rings (SSSR count). The number of rotatable bonds is 5. The van der Waals surface area contributed by atoms with Crippen molar-refractivity contribution in [2.75, 3.05) is 0 Å². The Labute approximate surface area is 108 Å². The normalized spacial score (nSPS) is 23.0. The summed E-state index contributed by atoms with van der Waals surface area (Å²) in [6.45, 7) is 4.75. The largest absolute Gasteiger partial charge is 0.479 e. The van der Waals surface area contributed by atoms with E-state index in [0.29, 0.717) is 4.90 Å². The number of nitrogens with zero attached hydrogens (tertiary/aromatic N) is 2. The van der Waals surface area contributed by atoms with Gasteiger partial charge in [0, 0.05) is 0 Å². The lowest BCUT2D eigenvalue weighted by Crippen LogP contribution is -2.72. The predicted octanol–water partition coefficient (Wildman–Crippen LogP) is -0.448. The molecule has 1 aliphatic heterocycles. The predicted molar refractivity (Wildman–Crippen MR) is 60.1 cm³/mol. The summed E-state index contributed by atoms with van der Waals surface area (Å²) in [5.41, 5.74) is 0.102.